The summed E-state index contributed by atoms with van der Waals surface area (Å²) in [5, 5.41) is 2.88. The van der Waals surface area contributed by atoms with Crippen LogP contribution >= 0.6 is 0 Å². The van der Waals surface area contributed by atoms with E-state index in [0.29, 0.717) is 24.9 Å². The summed E-state index contributed by atoms with van der Waals surface area (Å²) in [7, 11) is 0. The maximum Gasteiger partial charge on any atom is 0.220 e. The number of amides is 1. The highest BCUT2D eigenvalue weighted by molar-refractivity contribution is 5.76. The summed E-state index contributed by atoms with van der Waals surface area (Å²) < 4.78 is 26.9. The van der Waals surface area contributed by atoms with Crippen LogP contribution in [0.4, 0.5) is 8.78 Å². The van der Waals surface area contributed by atoms with Crippen LogP contribution in [0.3, 0.4) is 0 Å². The van der Waals surface area contributed by atoms with Gasteiger partial charge in [0.2, 0.25) is 5.91 Å². The molecule has 3 nitrogen and oxygen atoms in total. The van der Waals surface area contributed by atoms with Crippen LogP contribution in [0.5, 0.6) is 0 Å². The number of benzene rings is 1. The number of hydrogen-bond acceptors (Lipinski definition) is 2. The molecule has 1 saturated carbocycles. The molecule has 0 spiro atoms. The van der Waals surface area contributed by atoms with E-state index in [4.69, 9.17) is 0 Å². The van der Waals surface area contributed by atoms with Crippen molar-refractivity contribution in [2.24, 2.45) is 0 Å². The van der Waals surface area contributed by atoms with Gasteiger partial charge in [-0.3, -0.25) is 9.78 Å². The van der Waals surface area contributed by atoms with Gasteiger partial charge in [-0.15, -0.1) is 0 Å². The van der Waals surface area contributed by atoms with Crippen molar-refractivity contribution in [3.05, 3.63) is 65.5 Å². The van der Waals surface area contributed by atoms with Gasteiger partial charge < -0.3 is 5.32 Å². The van der Waals surface area contributed by atoms with Gasteiger partial charge in [0.15, 0.2) is 0 Å². The zero-order chi connectivity index (χ0) is 16.3. The number of nitrogens with one attached hydrogen (secondary N) is 1. The molecule has 1 aromatic carbocycles. The Bertz CT molecular complexity index is 699. The number of aryl methyl sites for hydroxylation is 1. The van der Waals surface area contributed by atoms with Crippen LogP contribution in [-0.2, 0) is 16.6 Å². The second-order valence-corrected chi connectivity index (χ2v) is 6.04. The van der Waals surface area contributed by atoms with Crippen molar-refractivity contribution < 1.29 is 13.6 Å². The van der Waals surface area contributed by atoms with E-state index in [0.717, 1.165) is 24.5 Å². The highest BCUT2D eigenvalue weighted by Gasteiger charge is 2.46. The second kappa shape index (κ2) is 6.44. The molecule has 23 heavy (non-hydrogen) atoms. The Morgan fingerprint density at radius 3 is 2.57 bits per heavy atom. The first-order valence-electron chi connectivity index (χ1n) is 7.70. The fraction of sp³-hybridized carbons (Fsp3) is 0.333. The van der Waals surface area contributed by atoms with Crippen LogP contribution in [0.1, 0.15) is 30.4 Å². The average Bonchev–Trinajstić information content (AvgIpc) is 3.33. The Morgan fingerprint density at radius 2 is 1.91 bits per heavy atom. The molecule has 2 aromatic rings. The zero-order valence-corrected chi connectivity index (χ0v) is 12.7. The van der Waals surface area contributed by atoms with Gasteiger partial charge >= 0.3 is 0 Å². The molecule has 3 rings (SSSR count). The Morgan fingerprint density at radius 1 is 1.17 bits per heavy atom. The lowest BCUT2D eigenvalue weighted by atomic mass is 9.95. The van der Waals surface area contributed by atoms with Crippen molar-refractivity contribution in [3.8, 4) is 0 Å². The van der Waals surface area contributed by atoms with Crippen LogP contribution in [-0.4, -0.2) is 17.4 Å². The SMILES string of the molecule is O=C(CCc1ccncc1)NCC1(c2ccc(F)cc2F)CC1. The number of pyridine rings is 1. The average molecular weight is 316 g/mol. The minimum Gasteiger partial charge on any atom is -0.355 e. The Kier molecular flexibility index (Phi) is 4.37. The molecule has 1 aliphatic carbocycles. The summed E-state index contributed by atoms with van der Waals surface area (Å²) >= 11 is 0. The number of carbonyl (C=O) groups excluding carboxylic acids is 1. The summed E-state index contributed by atoms with van der Waals surface area (Å²) in [6, 6.07) is 7.41. The van der Waals surface area contributed by atoms with Crippen LogP contribution < -0.4 is 5.32 Å². The summed E-state index contributed by atoms with van der Waals surface area (Å²) in [6.07, 6.45) is 6.03. The number of aromatic nitrogens is 1. The molecule has 1 aromatic heterocycles. The van der Waals surface area contributed by atoms with E-state index >= 15 is 0 Å². The molecular formula is C18H18F2N2O. The van der Waals surface area contributed by atoms with Gasteiger partial charge in [0.25, 0.3) is 0 Å². The first kappa shape index (κ1) is 15.6. The van der Waals surface area contributed by atoms with Crippen molar-refractivity contribution >= 4 is 5.91 Å². The molecule has 0 radical (unpaired) electrons. The number of nitrogens with zero attached hydrogens (tertiary/aromatic N) is 1. The van der Waals surface area contributed by atoms with E-state index in [-0.39, 0.29) is 11.3 Å². The standard InChI is InChI=1S/C18H18F2N2O/c19-14-2-3-15(16(20)11-14)18(7-8-18)12-22-17(23)4-1-13-5-9-21-10-6-13/h2-3,5-6,9-11H,1,4,7-8,12H2,(H,22,23). The summed E-state index contributed by atoms with van der Waals surface area (Å²) in [4.78, 5) is 15.9. The van der Waals surface area contributed by atoms with Gasteiger partial charge in [-0.05, 0) is 48.6 Å². The summed E-state index contributed by atoms with van der Waals surface area (Å²) in [6.45, 7) is 0.394. The van der Waals surface area contributed by atoms with Gasteiger partial charge in [-0.1, -0.05) is 6.07 Å². The molecule has 0 saturated heterocycles. The fourth-order valence-corrected chi connectivity index (χ4v) is 2.78. The normalized spacial score (nSPS) is 15.2. The predicted octanol–water partition coefficient (Wildman–Crippen LogP) is 3.14. The van der Waals surface area contributed by atoms with E-state index in [1.54, 1.807) is 12.4 Å². The van der Waals surface area contributed by atoms with Crippen LogP contribution in [0.25, 0.3) is 0 Å². The van der Waals surface area contributed by atoms with Crippen molar-refractivity contribution in [1.82, 2.24) is 10.3 Å². The molecule has 1 amide bonds. The van der Waals surface area contributed by atoms with Gasteiger partial charge in [0.05, 0.1) is 0 Å². The van der Waals surface area contributed by atoms with Crippen molar-refractivity contribution in [3.63, 3.8) is 0 Å². The van der Waals surface area contributed by atoms with Crippen molar-refractivity contribution in [2.75, 3.05) is 6.54 Å². The monoisotopic (exact) mass is 316 g/mol. The van der Waals surface area contributed by atoms with E-state index in [1.165, 1.54) is 12.1 Å². The van der Waals surface area contributed by atoms with Gasteiger partial charge in [0.1, 0.15) is 11.6 Å². The zero-order valence-electron chi connectivity index (χ0n) is 12.7. The lowest BCUT2D eigenvalue weighted by Gasteiger charge is -2.17. The molecule has 1 aliphatic rings. The number of hydrogen-bond donors (Lipinski definition) is 1. The van der Waals surface area contributed by atoms with E-state index < -0.39 is 11.6 Å². The number of rotatable bonds is 6. The highest BCUT2D eigenvalue weighted by Crippen LogP contribution is 2.48. The molecule has 1 heterocycles. The third kappa shape index (κ3) is 3.73. The number of halogens is 2. The third-order valence-corrected chi connectivity index (χ3v) is 4.37. The van der Waals surface area contributed by atoms with Crippen molar-refractivity contribution in [1.29, 1.82) is 0 Å². The molecule has 0 aliphatic heterocycles. The van der Waals surface area contributed by atoms with Gasteiger partial charge in [-0.25, -0.2) is 8.78 Å². The van der Waals surface area contributed by atoms with Crippen LogP contribution in [0.15, 0.2) is 42.7 Å². The first-order chi connectivity index (χ1) is 11.1. The topological polar surface area (TPSA) is 42.0 Å². The fourth-order valence-electron chi connectivity index (χ4n) is 2.78. The minimum atomic E-state index is -0.580. The lowest BCUT2D eigenvalue weighted by molar-refractivity contribution is -0.121. The second-order valence-electron chi connectivity index (χ2n) is 6.04. The van der Waals surface area contributed by atoms with Gasteiger partial charge in [-0.2, -0.15) is 0 Å². The van der Waals surface area contributed by atoms with E-state index in [1.807, 2.05) is 12.1 Å². The third-order valence-electron chi connectivity index (χ3n) is 4.37. The Labute approximate surface area is 133 Å². The molecule has 1 N–H and O–H groups in total. The Hall–Kier alpha value is -2.30. The Balaban J connectivity index is 1.54. The number of carbonyl (C=O) groups is 1. The molecule has 0 bridgehead atoms. The van der Waals surface area contributed by atoms with E-state index in [9.17, 15) is 13.6 Å². The molecule has 5 heteroatoms. The maximum absolute atomic E-state index is 13.9. The molecule has 120 valence electrons. The predicted molar refractivity (Wildman–Crippen MR) is 82.8 cm³/mol. The van der Waals surface area contributed by atoms with Crippen LogP contribution in [0, 0.1) is 11.6 Å². The lowest BCUT2D eigenvalue weighted by Crippen LogP contribution is -2.32. The quantitative estimate of drug-likeness (QED) is 0.889. The van der Waals surface area contributed by atoms with E-state index in [2.05, 4.69) is 10.3 Å². The molecule has 0 unspecified atom stereocenters. The largest absolute Gasteiger partial charge is 0.355 e. The highest BCUT2D eigenvalue weighted by atomic mass is 19.1. The van der Waals surface area contributed by atoms with Gasteiger partial charge in [0, 0.05) is 36.8 Å². The smallest absolute Gasteiger partial charge is 0.220 e. The molecule has 0 atom stereocenters. The summed E-state index contributed by atoms with van der Waals surface area (Å²) in [5.74, 6) is -1.17. The van der Waals surface area contributed by atoms with Crippen LogP contribution in [0.2, 0.25) is 0 Å². The maximum atomic E-state index is 13.9. The summed E-state index contributed by atoms with van der Waals surface area (Å²) in [5.41, 5.74) is 1.18. The van der Waals surface area contributed by atoms with Crippen molar-refractivity contribution in [2.45, 2.75) is 31.1 Å². The molecule has 1 fully saturated rings. The molecular weight excluding hydrogens is 298 g/mol. The minimum absolute atomic E-state index is 0.0596. The first-order valence-corrected chi connectivity index (χ1v) is 7.70.